The summed E-state index contributed by atoms with van der Waals surface area (Å²) < 4.78 is 5.65. The van der Waals surface area contributed by atoms with Crippen LogP contribution < -0.4 is 10.1 Å². The smallest absolute Gasteiger partial charge is 0.317 e. The first kappa shape index (κ1) is 17.8. The molecule has 0 bridgehead atoms. The van der Waals surface area contributed by atoms with Gasteiger partial charge in [-0.05, 0) is 48.6 Å². The van der Waals surface area contributed by atoms with Crippen LogP contribution in [-0.2, 0) is 6.54 Å². The molecule has 0 radical (unpaired) electrons. The fraction of sp³-hybridized carbons (Fsp3) is 0.455. The summed E-state index contributed by atoms with van der Waals surface area (Å²) in [5.41, 5.74) is 2.37. The first-order valence-corrected chi connectivity index (χ1v) is 9.93. The van der Waals surface area contributed by atoms with Gasteiger partial charge in [-0.3, -0.25) is 0 Å². The number of pyridine rings is 1. The number of nitrogens with zero attached hydrogens (tertiary/aromatic N) is 2. The van der Waals surface area contributed by atoms with Gasteiger partial charge in [-0.1, -0.05) is 36.4 Å². The number of benzene rings is 1. The first-order chi connectivity index (χ1) is 13.3. The van der Waals surface area contributed by atoms with E-state index in [1.54, 1.807) is 6.20 Å². The van der Waals surface area contributed by atoms with E-state index in [4.69, 9.17) is 4.74 Å². The highest BCUT2D eigenvalue weighted by atomic mass is 16.5. The normalized spacial score (nSPS) is 17.6. The van der Waals surface area contributed by atoms with E-state index in [-0.39, 0.29) is 6.03 Å². The van der Waals surface area contributed by atoms with Crippen LogP contribution in [0.1, 0.15) is 42.7 Å². The molecule has 2 aromatic rings. The first-order valence-electron chi connectivity index (χ1n) is 9.93. The van der Waals surface area contributed by atoms with Crippen molar-refractivity contribution < 1.29 is 9.53 Å². The number of nitrogens with one attached hydrogen (secondary N) is 1. The van der Waals surface area contributed by atoms with Crippen molar-refractivity contribution in [3.63, 3.8) is 0 Å². The minimum absolute atomic E-state index is 0.00979. The van der Waals surface area contributed by atoms with Gasteiger partial charge < -0.3 is 15.0 Å². The Morgan fingerprint density at radius 2 is 1.85 bits per heavy atom. The van der Waals surface area contributed by atoms with Crippen molar-refractivity contribution in [2.24, 2.45) is 5.92 Å². The van der Waals surface area contributed by atoms with Crippen LogP contribution in [0.25, 0.3) is 0 Å². The highest BCUT2D eigenvalue weighted by Gasteiger charge is 2.24. The third kappa shape index (κ3) is 5.00. The van der Waals surface area contributed by atoms with Crippen LogP contribution in [-0.4, -0.2) is 35.6 Å². The fourth-order valence-electron chi connectivity index (χ4n) is 3.52. The summed E-state index contributed by atoms with van der Waals surface area (Å²) in [5.74, 6) is 1.94. The van der Waals surface area contributed by atoms with Crippen LogP contribution >= 0.6 is 0 Å². The van der Waals surface area contributed by atoms with Gasteiger partial charge in [-0.2, -0.15) is 0 Å². The molecule has 0 spiro atoms. The number of ether oxygens (including phenoxy) is 1. The molecule has 1 aromatic heterocycles. The van der Waals surface area contributed by atoms with Crippen molar-refractivity contribution in [2.75, 3.05) is 19.7 Å². The number of rotatable bonds is 6. The van der Waals surface area contributed by atoms with Gasteiger partial charge in [0.1, 0.15) is 0 Å². The minimum Gasteiger partial charge on any atom is -0.477 e. The van der Waals surface area contributed by atoms with Gasteiger partial charge in [0.25, 0.3) is 0 Å². The Hall–Kier alpha value is -2.56. The summed E-state index contributed by atoms with van der Waals surface area (Å²) in [6, 6.07) is 14.5. The molecule has 0 atom stereocenters. The molecule has 27 heavy (non-hydrogen) atoms. The molecule has 5 nitrogen and oxygen atoms in total. The SMILES string of the molecule is O=C(NCc1ccc(OCC2CC2)nc1)N1CCC(c2ccccc2)CC1. The lowest BCUT2D eigenvalue weighted by Crippen LogP contribution is -2.43. The number of carbonyl (C=O) groups excluding carboxylic acids is 1. The Labute approximate surface area is 160 Å². The highest BCUT2D eigenvalue weighted by Crippen LogP contribution is 2.29. The number of amides is 2. The maximum Gasteiger partial charge on any atom is 0.317 e. The van der Waals surface area contributed by atoms with Crippen molar-refractivity contribution in [1.82, 2.24) is 15.2 Å². The number of urea groups is 1. The topological polar surface area (TPSA) is 54.5 Å². The van der Waals surface area contributed by atoms with Crippen molar-refractivity contribution in [3.05, 3.63) is 59.8 Å². The molecule has 1 saturated heterocycles. The highest BCUT2D eigenvalue weighted by molar-refractivity contribution is 5.74. The predicted molar refractivity (Wildman–Crippen MR) is 105 cm³/mol. The molecule has 1 aliphatic carbocycles. The molecule has 1 N–H and O–H groups in total. The summed E-state index contributed by atoms with van der Waals surface area (Å²) in [7, 11) is 0. The van der Waals surface area contributed by atoms with E-state index in [9.17, 15) is 4.79 Å². The second-order valence-corrected chi connectivity index (χ2v) is 7.59. The predicted octanol–water partition coefficient (Wildman–Crippen LogP) is 3.96. The van der Waals surface area contributed by atoms with Crippen molar-refractivity contribution >= 4 is 6.03 Å². The molecule has 1 aromatic carbocycles. The van der Waals surface area contributed by atoms with Gasteiger partial charge in [0.15, 0.2) is 0 Å². The largest absolute Gasteiger partial charge is 0.477 e. The zero-order valence-electron chi connectivity index (χ0n) is 15.6. The molecule has 142 valence electrons. The summed E-state index contributed by atoms with van der Waals surface area (Å²) in [6.07, 6.45) is 6.36. The Bertz CT molecular complexity index is 736. The molecule has 1 saturated carbocycles. The number of likely N-dealkylation sites (tertiary alicyclic amines) is 1. The van der Waals surface area contributed by atoms with Gasteiger partial charge in [0.2, 0.25) is 5.88 Å². The van der Waals surface area contributed by atoms with E-state index in [1.165, 1.54) is 18.4 Å². The summed E-state index contributed by atoms with van der Waals surface area (Å²) in [5, 5.41) is 3.01. The molecule has 2 heterocycles. The second-order valence-electron chi connectivity index (χ2n) is 7.59. The Balaban J connectivity index is 1.20. The quantitative estimate of drug-likeness (QED) is 0.843. The molecule has 1 aliphatic heterocycles. The lowest BCUT2D eigenvalue weighted by molar-refractivity contribution is 0.181. The lowest BCUT2D eigenvalue weighted by atomic mass is 9.90. The molecule has 2 amide bonds. The molecule has 0 unspecified atom stereocenters. The third-order valence-electron chi connectivity index (χ3n) is 5.46. The molecule has 2 fully saturated rings. The van der Waals surface area contributed by atoms with E-state index in [2.05, 4.69) is 34.6 Å². The number of hydrogen-bond donors (Lipinski definition) is 1. The van der Waals surface area contributed by atoms with Crippen LogP contribution in [0.15, 0.2) is 48.7 Å². The summed E-state index contributed by atoms with van der Waals surface area (Å²) in [4.78, 5) is 18.7. The van der Waals surface area contributed by atoms with Crippen LogP contribution in [0.2, 0.25) is 0 Å². The van der Waals surface area contributed by atoms with E-state index in [0.29, 0.717) is 18.3 Å². The Morgan fingerprint density at radius 1 is 1.07 bits per heavy atom. The van der Waals surface area contributed by atoms with Gasteiger partial charge >= 0.3 is 6.03 Å². The third-order valence-corrected chi connectivity index (χ3v) is 5.46. The van der Waals surface area contributed by atoms with Gasteiger partial charge in [0.05, 0.1) is 6.61 Å². The van der Waals surface area contributed by atoms with Crippen molar-refractivity contribution in [2.45, 2.75) is 38.1 Å². The van der Waals surface area contributed by atoms with Gasteiger partial charge in [-0.15, -0.1) is 0 Å². The molecule has 5 heteroatoms. The fourth-order valence-corrected chi connectivity index (χ4v) is 3.52. The molecule has 4 rings (SSSR count). The van der Waals surface area contributed by atoms with Gasteiger partial charge in [-0.25, -0.2) is 9.78 Å². The molecule has 2 aliphatic rings. The monoisotopic (exact) mass is 365 g/mol. The number of carbonyl (C=O) groups is 1. The average Bonchev–Trinajstić information content (AvgIpc) is 3.56. The van der Waals surface area contributed by atoms with Gasteiger partial charge in [0, 0.05) is 31.9 Å². The zero-order valence-corrected chi connectivity index (χ0v) is 15.6. The Kier molecular flexibility index (Phi) is 5.56. The van der Waals surface area contributed by atoms with Crippen LogP contribution in [0.4, 0.5) is 4.79 Å². The maximum atomic E-state index is 12.4. The van der Waals surface area contributed by atoms with E-state index >= 15 is 0 Å². The van der Waals surface area contributed by atoms with Crippen molar-refractivity contribution in [1.29, 1.82) is 0 Å². The summed E-state index contributed by atoms with van der Waals surface area (Å²) >= 11 is 0. The molecular weight excluding hydrogens is 338 g/mol. The Morgan fingerprint density at radius 3 is 2.52 bits per heavy atom. The van der Waals surface area contributed by atoms with E-state index in [1.807, 2.05) is 23.1 Å². The lowest BCUT2D eigenvalue weighted by Gasteiger charge is -2.32. The van der Waals surface area contributed by atoms with E-state index < -0.39 is 0 Å². The number of aromatic nitrogens is 1. The van der Waals surface area contributed by atoms with Crippen molar-refractivity contribution in [3.8, 4) is 5.88 Å². The second kappa shape index (κ2) is 8.42. The van der Waals surface area contributed by atoms with Crippen LogP contribution in [0.3, 0.4) is 0 Å². The van der Waals surface area contributed by atoms with Crippen LogP contribution in [0.5, 0.6) is 5.88 Å². The minimum atomic E-state index is 0.00979. The average molecular weight is 365 g/mol. The standard InChI is InChI=1S/C22H27N3O2/c26-22(25-12-10-20(11-13-25)19-4-2-1-3-5-19)24-15-18-8-9-21(23-14-18)27-16-17-6-7-17/h1-5,8-9,14,17,20H,6-7,10-13,15-16H2,(H,24,26). The van der Waals surface area contributed by atoms with Crippen LogP contribution in [0, 0.1) is 5.92 Å². The molecular formula is C22H27N3O2. The van der Waals surface area contributed by atoms with E-state index in [0.717, 1.165) is 44.0 Å². The zero-order chi connectivity index (χ0) is 18.5. The summed E-state index contributed by atoms with van der Waals surface area (Å²) in [6.45, 7) is 2.87. The maximum absolute atomic E-state index is 12.4. The number of hydrogen-bond acceptors (Lipinski definition) is 3. The number of piperidine rings is 1.